The molecule has 1 aliphatic rings. The van der Waals surface area contributed by atoms with E-state index in [9.17, 15) is 4.79 Å². The molecular formula is C43H50N5O5P. The minimum absolute atomic E-state index is 0.0378. The average Bonchev–Trinajstić information content (AvgIpc) is 3.78. The van der Waals surface area contributed by atoms with Crippen LogP contribution in [0.25, 0.3) is 27.8 Å². The van der Waals surface area contributed by atoms with E-state index in [0.29, 0.717) is 13.1 Å². The molecule has 0 bridgehead atoms. The van der Waals surface area contributed by atoms with Crippen LogP contribution in [0, 0.1) is 13.8 Å². The molecule has 0 N–H and O–H groups in total. The molecule has 0 spiro atoms. The van der Waals surface area contributed by atoms with E-state index in [2.05, 4.69) is 49.1 Å². The number of ether oxygens (including phenoxy) is 1. The van der Waals surface area contributed by atoms with Crippen LogP contribution in [0.15, 0.2) is 91.4 Å². The number of nitrogens with zero attached hydrogens (tertiary/aromatic N) is 5. The third-order valence-electron chi connectivity index (χ3n) is 10.3. The van der Waals surface area contributed by atoms with Crippen molar-refractivity contribution in [2.24, 2.45) is 0 Å². The van der Waals surface area contributed by atoms with Crippen LogP contribution in [0.1, 0.15) is 92.7 Å². The largest absolute Gasteiger partial charge is 0.444 e. The number of benzene rings is 3. The fourth-order valence-electron chi connectivity index (χ4n) is 7.44. The summed E-state index contributed by atoms with van der Waals surface area (Å²) in [5.74, 6) is 0.279. The lowest BCUT2D eigenvalue weighted by Crippen LogP contribution is -2.41. The van der Waals surface area contributed by atoms with E-state index in [1.165, 1.54) is 5.56 Å². The first-order valence-corrected chi connectivity index (χ1v) is 20.3. The topological polar surface area (TPSA) is 100 Å². The molecule has 1 amide bonds. The number of hydrogen-bond donors (Lipinski definition) is 0. The van der Waals surface area contributed by atoms with Gasteiger partial charge in [-0.2, -0.15) is 5.10 Å². The van der Waals surface area contributed by atoms with Crippen molar-refractivity contribution in [1.82, 2.24) is 23.8 Å². The summed E-state index contributed by atoms with van der Waals surface area (Å²) in [6.07, 6.45) is 4.90. The standard InChI is InChI=1S/C43H50N5O5P/c1-29(2)39-36-24-35(34-20-22-46(23-21-34)42(49)53-43(5,6)7)18-19-38(36)48(40(39)37-25-47-41(44-28-45-47)31(4)30(37)3)54(50,51-26-32-14-10-8-11-15-32)52-27-33-16-12-9-13-17-33/h8-19,24-25,28-29,34H,20-23,26-27H2,1-7H3. The van der Waals surface area contributed by atoms with E-state index in [-0.39, 0.29) is 31.1 Å². The Balaban J connectivity index is 1.39. The Labute approximate surface area is 317 Å². The number of aryl methyl sites for hydroxylation is 1. The molecule has 6 aromatic rings. The second kappa shape index (κ2) is 15.2. The summed E-state index contributed by atoms with van der Waals surface area (Å²) in [4.78, 5) is 19.2. The van der Waals surface area contributed by atoms with Gasteiger partial charge < -0.3 is 9.64 Å². The Bertz CT molecular complexity index is 2270. The summed E-state index contributed by atoms with van der Waals surface area (Å²) in [6.45, 7) is 15.6. The summed E-state index contributed by atoms with van der Waals surface area (Å²) in [5.41, 5.74) is 8.66. The fourth-order valence-corrected chi connectivity index (χ4v) is 9.27. The van der Waals surface area contributed by atoms with Crippen LogP contribution in [0.3, 0.4) is 0 Å². The van der Waals surface area contributed by atoms with Gasteiger partial charge in [0.25, 0.3) is 0 Å². The molecule has 11 heteroatoms. The van der Waals surface area contributed by atoms with Crippen molar-refractivity contribution in [3.8, 4) is 11.3 Å². The third-order valence-corrected chi connectivity index (χ3v) is 12.1. The highest BCUT2D eigenvalue weighted by atomic mass is 31.2. The first-order chi connectivity index (χ1) is 25.8. The Kier molecular flexibility index (Phi) is 10.5. The van der Waals surface area contributed by atoms with Gasteiger partial charge in [0.1, 0.15) is 11.9 Å². The molecular weight excluding hydrogens is 697 g/mol. The molecule has 0 radical (unpaired) electrons. The normalized spacial score (nSPS) is 14.4. The Morgan fingerprint density at radius 1 is 0.889 bits per heavy atom. The van der Waals surface area contributed by atoms with Crippen LogP contribution < -0.4 is 0 Å². The van der Waals surface area contributed by atoms with Gasteiger partial charge in [0.05, 0.1) is 24.4 Å². The number of hydrogen-bond acceptors (Lipinski definition) is 7. The first-order valence-electron chi connectivity index (χ1n) is 18.8. The van der Waals surface area contributed by atoms with Crippen molar-refractivity contribution in [2.45, 2.75) is 92.0 Å². The van der Waals surface area contributed by atoms with Crippen LogP contribution in [-0.4, -0.2) is 48.6 Å². The summed E-state index contributed by atoms with van der Waals surface area (Å²) in [5, 5.41) is 5.52. The molecule has 4 heterocycles. The second-order valence-electron chi connectivity index (χ2n) is 15.6. The van der Waals surface area contributed by atoms with E-state index in [4.69, 9.17) is 13.8 Å². The molecule has 54 heavy (non-hydrogen) atoms. The Morgan fingerprint density at radius 3 is 2.07 bits per heavy atom. The Hall–Kier alpha value is -4.76. The van der Waals surface area contributed by atoms with E-state index >= 15 is 4.57 Å². The van der Waals surface area contributed by atoms with E-state index in [0.717, 1.165) is 68.5 Å². The van der Waals surface area contributed by atoms with E-state index in [1.54, 1.807) is 10.8 Å². The lowest BCUT2D eigenvalue weighted by atomic mass is 9.87. The van der Waals surface area contributed by atoms with Gasteiger partial charge in [0.2, 0.25) is 0 Å². The number of fused-ring (bicyclic) bond motifs is 2. The van der Waals surface area contributed by atoms with Crippen molar-refractivity contribution >= 4 is 30.4 Å². The molecule has 1 saturated heterocycles. The van der Waals surface area contributed by atoms with Crippen LogP contribution in [0.5, 0.6) is 0 Å². The molecule has 0 atom stereocenters. The highest BCUT2D eigenvalue weighted by molar-refractivity contribution is 7.52. The molecule has 1 aliphatic heterocycles. The lowest BCUT2D eigenvalue weighted by molar-refractivity contribution is 0.0205. The minimum Gasteiger partial charge on any atom is -0.444 e. The van der Waals surface area contributed by atoms with Gasteiger partial charge in [-0.15, -0.1) is 0 Å². The summed E-state index contributed by atoms with van der Waals surface area (Å²) in [7, 11) is -4.12. The number of carbonyl (C=O) groups is 1. The van der Waals surface area contributed by atoms with Gasteiger partial charge >= 0.3 is 13.8 Å². The quantitative estimate of drug-likeness (QED) is 0.129. The highest BCUT2D eigenvalue weighted by Gasteiger charge is 2.37. The molecule has 1 fully saturated rings. The lowest BCUT2D eigenvalue weighted by Gasteiger charge is -2.33. The van der Waals surface area contributed by atoms with Crippen molar-refractivity contribution in [3.63, 3.8) is 0 Å². The number of aromatic nitrogens is 4. The van der Waals surface area contributed by atoms with Crippen LogP contribution in [-0.2, 0) is 31.6 Å². The molecule has 7 rings (SSSR count). The Morgan fingerprint density at radius 2 is 1.50 bits per heavy atom. The number of piperidine rings is 1. The molecule has 0 unspecified atom stereocenters. The van der Waals surface area contributed by atoms with Crippen molar-refractivity contribution < 1.29 is 23.1 Å². The van der Waals surface area contributed by atoms with Crippen molar-refractivity contribution in [2.75, 3.05) is 13.1 Å². The summed E-state index contributed by atoms with van der Waals surface area (Å²) < 4.78 is 38.2. The zero-order valence-corrected chi connectivity index (χ0v) is 33.2. The zero-order chi connectivity index (χ0) is 38.2. The monoisotopic (exact) mass is 747 g/mol. The number of carbonyl (C=O) groups excluding carboxylic acids is 1. The molecule has 0 saturated carbocycles. The van der Waals surface area contributed by atoms with Gasteiger partial charge in [0, 0.05) is 30.2 Å². The molecule has 282 valence electrons. The zero-order valence-electron chi connectivity index (χ0n) is 32.3. The van der Waals surface area contributed by atoms with Gasteiger partial charge in [-0.1, -0.05) is 80.6 Å². The minimum atomic E-state index is -4.12. The van der Waals surface area contributed by atoms with Crippen LogP contribution >= 0.6 is 7.75 Å². The van der Waals surface area contributed by atoms with Crippen molar-refractivity contribution in [1.29, 1.82) is 0 Å². The third kappa shape index (κ3) is 7.61. The van der Waals surface area contributed by atoms with Crippen LogP contribution in [0.2, 0.25) is 0 Å². The number of rotatable bonds is 10. The average molecular weight is 748 g/mol. The number of amides is 1. The van der Waals surface area contributed by atoms with Gasteiger partial charge in [0.15, 0.2) is 5.65 Å². The van der Waals surface area contributed by atoms with Crippen molar-refractivity contribution in [3.05, 3.63) is 125 Å². The maximum absolute atomic E-state index is 15.8. The predicted molar refractivity (Wildman–Crippen MR) is 213 cm³/mol. The molecule has 3 aromatic carbocycles. The molecule has 10 nitrogen and oxygen atoms in total. The SMILES string of the molecule is Cc1c(-c2c(C(C)C)c3cc(C4CCN(C(=O)OC(C)(C)C)CC4)ccc3n2P(=O)(OCc2ccccc2)OCc2ccccc2)cn2ncnc2c1C. The van der Waals surface area contributed by atoms with Gasteiger partial charge in [-0.25, -0.2) is 23.2 Å². The maximum atomic E-state index is 15.8. The number of pyridine rings is 1. The summed E-state index contributed by atoms with van der Waals surface area (Å²) in [6, 6.07) is 26.0. The van der Waals surface area contributed by atoms with E-state index < -0.39 is 13.3 Å². The van der Waals surface area contributed by atoms with E-state index in [1.807, 2.05) is 104 Å². The first kappa shape index (κ1) is 37.6. The molecule has 0 aliphatic carbocycles. The smallest absolute Gasteiger partial charge is 0.440 e. The fraction of sp³-hybridized carbons (Fsp3) is 0.372. The second-order valence-corrected chi connectivity index (χ2v) is 17.4. The highest BCUT2D eigenvalue weighted by Crippen LogP contribution is 2.58. The predicted octanol–water partition coefficient (Wildman–Crippen LogP) is 10.6. The van der Waals surface area contributed by atoms with Gasteiger partial charge in [-0.05, 0) is 105 Å². The number of likely N-dealkylation sites (tertiary alicyclic amines) is 1. The molecule has 3 aromatic heterocycles. The van der Waals surface area contributed by atoms with Crippen LogP contribution in [0.4, 0.5) is 4.79 Å². The maximum Gasteiger partial charge on any atom is 0.440 e. The van der Waals surface area contributed by atoms with Gasteiger partial charge in [-0.3, -0.25) is 9.05 Å². The summed E-state index contributed by atoms with van der Waals surface area (Å²) >= 11 is 0.